The summed E-state index contributed by atoms with van der Waals surface area (Å²) in [4.78, 5) is 21.1. The van der Waals surface area contributed by atoms with E-state index in [4.69, 9.17) is 10.5 Å². The fourth-order valence-electron chi connectivity index (χ4n) is 0.878. The molecule has 0 bridgehead atoms. The highest BCUT2D eigenvalue weighted by molar-refractivity contribution is 5.79. The van der Waals surface area contributed by atoms with Crippen LogP contribution in [0.5, 0.6) is 0 Å². The van der Waals surface area contributed by atoms with Gasteiger partial charge in [-0.2, -0.15) is 0 Å². The average Bonchev–Trinajstić information content (AvgIpc) is 2.89. The first-order valence-electron chi connectivity index (χ1n) is 4.57. The van der Waals surface area contributed by atoms with Gasteiger partial charge in [0.25, 0.3) is 5.91 Å². The van der Waals surface area contributed by atoms with Gasteiger partial charge in [0, 0.05) is 5.54 Å². The van der Waals surface area contributed by atoms with Gasteiger partial charge < -0.3 is 26.3 Å². The summed E-state index contributed by atoms with van der Waals surface area (Å²) in [7, 11) is 0. The molecule has 0 radical (unpaired) electrons. The Kier molecular flexibility index (Phi) is 3.87. The third kappa shape index (κ3) is 5.18. The van der Waals surface area contributed by atoms with Gasteiger partial charge in [-0.1, -0.05) is 0 Å². The highest BCUT2D eigenvalue weighted by Crippen LogP contribution is 2.31. The molecular weight excluding hydrogens is 202 g/mol. The number of amides is 2. The number of hydrogen-bond acceptors (Lipinski definition) is 5. The van der Waals surface area contributed by atoms with Crippen molar-refractivity contribution in [3.05, 3.63) is 0 Å². The summed E-state index contributed by atoms with van der Waals surface area (Å²) >= 11 is 0. The first-order valence-corrected chi connectivity index (χ1v) is 4.57. The van der Waals surface area contributed by atoms with Gasteiger partial charge in [0.2, 0.25) is 0 Å². The van der Waals surface area contributed by atoms with Crippen LogP contribution in [0, 0.1) is 0 Å². The zero-order valence-electron chi connectivity index (χ0n) is 8.32. The van der Waals surface area contributed by atoms with Crippen molar-refractivity contribution in [3.8, 4) is 0 Å². The molecule has 0 heterocycles. The highest BCUT2D eigenvalue weighted by Gasteiger charge is 2.38. The summed E-state index contributed by atoms with van der Waals surface area (Å²) in [5.41, 5.74) is 10.2. The monoisotopic (exact) mass is 217 g/mol. The molecular formula is C8H15N3O4. The van der Waals surface area contributed by atoms with E-state index in [1.165, 1.54) is 0 Å². The van der Waals surface area contributed by atoms with Gasteiger partial charge in [0.05, 0.1) is 6.61 Å². The number of ether oxygens (including phenoxy) is 2. The number of nitrogens with one attached hydrogen (secondary N) is 1. The van der Waals surface area contributed by atoms with Crippen LogP contribution in [-0.2, 0) is 14.3 Å². The van der Waals surface area contributed by atoms with Gasteiger partial charge in [0.1, 0.15) is 6.73 Å². The lowest BCUT2D eigenvalue weighted by Gasteiger charge is -2.10. The Balaban J connectivity index is 1.94. The second-order valence-electron chi connectivity index (χ2n) is 3.56. The molecule has 0 aromatic rings. The summed E-state index contributed by atoms with van der Waals surface area (Å²) in [6, 6.07) is 0. The van der Waals surface area contributed by atoms with Crippen LogP contribution in [0.1, 0.15) is 12.8 Å². The molecule has 0 saturated heterocycles. The molecule has 0 unspecified atom stereocenters. The number of carbonyl (C=O) groups excluding carboxylic acids is 2. The van der Waals surface area contributed by atoms with Crippen molar-refractivity contribution in [2.24, 2.45) is 11.5 Å². The third-order valence-corrected chi connectivity index (χ3v) is 2.00. The van der Waals surface area contributed by atoms with E-state index in [1.54, 1.807) is 0 Å². The molecule has 15 heavy (non-hydrogen) atoms. The molecule has 2 amide bonds. The van der Waals surface area contributed by atoms with Crippen LogP contribution in [0.4, 0.5) is 4.79 Å². The van der Waals surface area contributed by atoms with Gasteiger partial charge in [-0.25, -0.2) is 4.79 Å². The van der Waals surface area contributed by atoms with Crippen molar-refractivity contribution in [1.82, 2.24) is 5.32 Å². The first-order chi connectivity index (χ1) is 7.02. The summed E-state index contributed by atoms with van der Waals surface area (Å²) < 4.78 is 9.37. The SMILES string of the molecule is NC(=O)OCC(=O)NCOCC1(N)CC1. The maximum atomic E-state index is 10.9. The molecule has 0 aromatic carbocycles. The Bertz CT molecular complexity index is 252. The largest absolute Gasteiger partial charge is 0.440 e. The van der Waals surface area contributed by atoms with Gasteiger partial charge in [-0.05, 0) is 12.8 Å². The number of rotatable bonds is 6. The minimum atomic E-state index is -0.982. The molecule has 1 saturated carbocycles. The van der Waals surface area contributed by atoms with Crippen LogP contribution in [-0.4, -0.2) is 37.5 Å². The molecule has 0 atom stereocenters. The zero-order chi connectivity index (χ0) is 11.3. The normalized spacial score (nSPS) is 16.9. The lowest BCUT2D eigenvalue weighted by Crippen LogP contribution is -2.35. The fraction of sp³-hybridized carbons (Fsp3) is 0.750. The summed E-state index contributed by atoms with van der Waals surface area (Å²) in [5, 5.41) is 2.39. The van der Waals surface area contributed by atoms with Crippen molar-refractivity contribution >= 4 is 12.0 Å². The lowest BCUT2D eigenvalue weighted by atomic mass is 10.3. The molecule has 0 aromatic heterocycles. The van der Waals surface area contributed by atoms with Crippen molar-refractivity contribution in [2.45, 2.75) is 18.4 Å². The minimum absolute atomic E-state index is 0.0555. The van der Waals surface area contributed by atoms with Crippen LogP contribution in [0.3, 0.4) is 0 Å². The summed E-state index contributed by atoms with van der Waals surface area (Å²) in [5.74, 6) is -0.462. The second-order valence-corrected chi connectivity index (χ2v) is 3.56. The molecule has 1 fully saturated rings. The molecule has 7 heteroatoms. The second kappa shape index (κ2) is 4.94. The predicted octanol–water partition coefficient (Wildman–Crippen LogP) is -1.34. The molecule has 5 N–H and O–H groups in total. The van der Waals surface area contributed by atoms with Crippen molar-refractivity contribution < 1.29 is 19.1 Å². The Morgan fingerprint density at radius 3 is 2.60 bits per heavy atom. The molecule has 0 spiro atoms. The molecule has 86 valence electrons. The maximum Gasteiger partial charge on any atom is 0.405 e. The van der Waals surface area contributed by atoms with Gasteiger partial charge >= 0.3 is 6.09 Å². The smallest absolute Gasteiger partial charge is 0.405 e. The number of carbonyl (C=O) groups is 2. The Labute approximate surface area is 87.1 Å². The molecule has 7 nitrogen and oxygen atoms in total. The molecule has 1 aliphatic carbocycles. The molecule has 1 rings (SSSR count). The van der Waals surface area contributed by atoms with E-state index < -0.39 is 18.6 Å². The van der Waals surface area contributed by atoms with Crippen LogP contribution in [0.25, 0.3) is 0 Å². The van der Waals surface area contributed by atoms with Gasteiger partial charge in [-0.3, -0.25) is 4.79 Å². The van der Waals surface area contributed by atoms with Crippen LogP contribution in [0.15, 0.2) is 0 Å². The Morgan fingerprint density at radius 1 is 1.40 bits per heavy atom. The van der Waals surface area contributed by atoms with Gasteiger partial charge in [0.15, 0.2) is 6.61 Å². The van der Waals surface area contributed by atoms with Crippen molar-refractivity contribution in [1.29, 1.82) is 0 Å². The first kappa shape index (κ1) is 11.7. The third-order valence-electron chi connectivity index (χ3n) is 2.00. The topological polar surface area (TPSA) is 117 Å². The number of primary amides is 1. The van der Waals surface area contributed by atoms with E-state index in [-0.39, 0.29) is 12.3 Å². The highest BCUT2D eigenvalue weighted by atomic mass is 16.5. The van der Waals surface area contributed by atoms with Crippen LogP contribution < -0.4 is 16.8 Å². The van der Waals surface area contributed by atoms with Gasteiger partial charge in [-0.15, -0.1) is 0 Å². The van der Waals surface area contributed by atoms with Crippen molar-refractivity contribution in [3.63, 3.8) is 0 Å². The maximum absolute atomic E-state index is 10.9. The van der Waals surface area contributed by atoms with E-state index in [1.807, 2.05) is 0 Å². The number of hydrogen-bond donors (Lipinski definition) is 3. The fourth-order valence-corrected chi connectivity index (χ4v) is 0.878. The van der Waals surface area contributed by atoms with E-state index in [0.29, 0.717) is 6.61 Å². The Hall–Kier alpha value is -1.34. The lowest BCUT2D eigenvalue weighted by molar-refractivity contribution is -0.125. The zero-order valence-corrected chi connectivity index (χ0v) is 8.32. The average molecular weight is 217 g/mol. The molecule has 0 aliphatic heterocycles. The van der Waals surface area contributed by atoms with Crippen LogP contribution in [0.2, 0.25) is 0 Å². The Morgan fingerprint density at radius 2 is 2.07 bits per heavy atom. The summed E-state index contributed by atoms with van der Waals surface area (Å²) in [6.07, 6.45) is 0.919. The number of nitrogens with two attached hydrogens (primary N) is 2. The quantitative estimate of drug-likeness (QED) is 0.376. The van der Waals surface area contributed by atoms with E-state index >= 15 is 0 Å². The van der Waals surface area contributed by atoms with Crippen molar-refractivity contribution in [2.75, 3.05) is 19.9 Å². The standard InChI is InChI=1S/C8H15N3O4/c9-7(13)15-3-6(12)11-5-14-4-8(10)1-2-8/h1-5,10H2,(H2,9,13)(H,11,12). The van der Waals surface area contributed by atoms with Crippen LogP contribution >= 0.6 is 0 Å². The predicted molar refractivity (Wildman–Crippen MR) is 50.6 cm³/mol. The molecule has 1 aliphatic rings. The van der Waals surface area contributed by atoms with E-state index in [0.717, 1.165) is 12.8 Å². The summed E-state index contributed by atoms with van der Waals surface area (Å²) in [6.45, 7) is 0.0797. The van der Waals surface area contributed by atoms with E-state index in [2.05, 4.69) is 15.8 Å². The minimum Gasteiger partial charge on any atom is -0.440 e. The van der Waals surface area contributed by atoms with E-state index in [9.17, 15) is 9.59 Å².